The molecule has 0 saturated heterocycles. The molecule has 3 rings (SSSR count). The second-order valence-corrected chi connectivity index (χ2v) is 8.02. The lowest BCUT2D eigenvalue weighted by atomic mass is 9.51. The average molecular weight is 316 g/mol. The van der Waals surface area contributed by atoms with E-state index in [0.29, 0.717) is 11.8 Å². The molecular weight excluding hydrogens is 288 g/mol. The van der Waals surface area contributed by atoms with Crippen LogP contribution in [0.15, 0.2) is 34.7 Å². The van der Waals surface area contributed by atoms with Crippen LogP contribution in [-0.4, -0.2) is 11.1 Å². The quantitative estimate of drug-likeness (QED) is 0.788. The van der Waals surface area contributed by atoms with E-state index in [0.717, 1.165) is 38.5 Å². The van der Waals surface area contributed by atoms with Crippen molar-refractivity contribution in [3.8, 4) is 0 Å². The van der Waals surface area contributed by atoms with Crippen LogP contribution in [-0.2, 0) is 11.2 Å². The molecule has 0 unspecified atom stereocenters. The van der Waals surface area contributed by atoms with Gasteiger partial charge >= 0.3 is 5.97 Å². The third-order valence-electron chi connectivity index (χ3n) is 6.80. The Morgan fingerprint density at radius 2 is 2.22 bits per heavy atom. The topological polar surface area (TPSA) is 50.4 Å². The van der Waals surface area contributed by atoms with Crippen LogP contribution in [0, 0.1) is 22.7 Å². The molecule has 126 valence electrons. The van der Waals surface area contributed by atoms with Gasteiger partial charge in [0.2, 0.25) is 0 Å². The molecule has 2 aliphatic carbocycles. The molecule has 1 saturated carbocycles. The van der Waals surface area contributed by atoms with E-state index in [1.54, 1.807) is 6.26 Å². The van der Waals surface area contributed by atoms with E-state index in [1.807, 2.05) is 19.3 Å². The van der Waals surface area contributed by atoms with Crippen LogP contribution in [0.25, 0.3) is 0 Å². The largest absolute Gasteiger partial charge is 0.481 e. The first-order valence-electron chi connectivity index (χ1n) is 8.83. The van der Waals surface area contributed by atoms with E-state index in [4.69, 9.17) is 4.42 Å². The van der Waals surface area contributed by atoms with Crippen LogP contribution in [0.2, 0.25) is 0 Å². The Morgan fingerprint density at radius 3 is 2.87 bits per heavy atom. The van der Waals surface area contributed by atoms with Gasteiger partial charge in [-0.05, 0) is 67.9 Å². The summed E-state index contributed by atoms with van der Waals surface area (Å²) in [7, 11) is 0. The second-order valence-electron chi connectivity index (χ2n) is 8.02. The maximum absolute atomic E-state index is 11.9. The van der Waals surface area contributed by atoms with Crippen molar-refractivity contribution in [2.24, 2.45) is 22.7 Å². The van der Waals surface area contributed by atoms with Gasteiger partial charge in [-0.3, -0.25) is 4.79 Å². The van der Waals surface area contributed by atoms with E-state index in [-0.39, 0.29) is 5.41 Å². The van der Waals surface area contributed by atoms with Crippen molar-refractivity contribution in [3.05, 3.63) is 35.8 Å². The molecule has 1 aromatic rings. The fourth-order valence-electron chi connectivity index (χ4n) is 4.81. The van der Waals surface area contributed by atoms with Gasteiger partial charge in [0, 0.05) is 0 Å². The predicted octanol–water partition coefficient (Wildman–Crippen LogP) is 5.08. The third kappa shape index (κ3) is 2.64. The first-order valence-corrected chi connectivity index (χ1v) is 8.83. The van der Waals surface area contributed by atoms with Gasteiger partial charge in [0.1, 0.15) is 0 Å². The number of hydrogen-bond acceptors (Lipinski definition) is 2. The molecule has 0 amide bonds. The summed E-state index contributed by atoms with van der Waals surface area (Å²) in [5.41, 5.74) is 1.94. The Kier molecular flexibility index (Phi) is 4.16. The summed E-state index contributed by atoms with van der Waals surface area (Å²) in [5.74, 6) is 0.326. The van der Waals surface area contributed by atoms with Crippen molar-refractivity contribution in [1.82, 2.24) is 0 Å². The number of carbonyl (C=O) groups is 1. The van der Waals surface area contributed by atoms with Gasteiger partial charge in [-0.2, -0.15) is 0 Å². The molecule has 2 aliphatic rings. The maximum Gasteiger partial charge on any atom is 0.313 e. The zero-order chi connectivity index (χ0) is 16.7. The molecule has 23 heavy (non-hydrogen) atoms. The summed E-state index contributed by atoms with van der Waals surface area (Å²) in [6.07, 6.45) is 11.8. The zero-order valence-corrected chi connectivity index (χ0v) is 14.5. The summed E-state index contributed by atoms with van der Waals surface area (Å²) in [6.45, 7) is 6.64. The number of allylic oxidation sites excluding steroid dienone is 1. The van der Waals surface area contributed by atoms with Crippen molar-refractivity contribution < 1.29 is 14.3 Å². The van der Waals surface area contributed by atoms with Crippen LogP contribution >= 0.6 is 0 Å². The van der Waals surface area contributed by atoms with Gasteiger partial charge in [0.05, 0.1) is 17.9 Å². The Hall–Kier alpha value is -1.51. The SMILES string of the molecule is C[C@H]1CC=C2[C@@H](CCC[C@@]2(C)C(=O)O)[C@]1(C)CCc1ccoc1. The number of carboxylic acids is 1. The minimum atomic E-state index is -0.667. The summed E-state index contributed by atoms with van der Waals surface area (Å²) in [4.78, 5) is 11.9. The van der Waals surface area contributed by atoms with Gasteiger partial charge < -0.3 is 9.52 Å². The van der Waals surface area contributed by atoms with Crippen molar-refractivity contribution in [2.75, 3.05) is 0 Å². The lowest BCUT2D eigenvalue weighted by Crippen LogP contribution is -2.47. The fraction of sp³-hybridized carbons (Fsp3) is 0.650. The summed E-state index contributed by atoms with van der Waals surface area (Å²) < 4.78 is 5.20. The molecule has 1 heterocycles. The second kappa shape index (κ2) is 5.85. The van der Waals surface area contributed by atoms with Gasteiger partial charge in [-0.1, -0.05) is 31.9 Å². The summed E-state index contributed by atoms with van der Waals surface area (Å²) >= 11 is 0. The molecule has 0 bridgehead atoms. The number of furan rings is 1. The highest BCUT2D eigenvalue weighted by Gasteiger charge is 2.52. The smallest absolute Gasteiger partial charge is 0.313 e. The van der Waals surface area contributed by atoms with Crippen LogP contribution in [0.5, 0.6) is 0 Å². The van der Waals surface area contributed by atoms with Crippen LogP contribution < -0.4 is 0 Å². The molecule has 3 heteroatoms. The number of rotatable bonds is 4. The molecule has 0 spiro atoms. The fourth-order valence-corrected chi connectivity index (χ4v) is 4.81. The molecule has 0 aromatic carbocycles. The summed E-state index contributed by atoms with van der Waals surface area (Å²) in [6, 6.07) is 2.04. The predicted molar refractivity (Wildman–Crippen MR) is 90.1 cm³/mol. The van der Waals surface area contributed by atoms with Gasteiger partial charge in [-0.15, -0.1) is 0 Å². The number of aliphatic carboxylic acids is 1. The van der Waals surface area contributed by atoms with Crippen molar-refractivity contribution in [2.45, 2.75) is 59.3 Å². The Balaban J connectivity index is 1.88. The zero-order valence-electron chi connectivity index (χ0n) is 14.5. The Bertz CT molecular complexity index is 600. The Labute approximate surface area is 138 Å². The lowest BCUT2D eigenvalue weighted by Gasteiger charge is -2.52. The minimum Gasteiger partial charge on any atom is -0.481 e. The van der Waals surface area contributed by atoms with Crippen molar-refractivity contribution >= 4 is 5.97 Å². The molecular formula is C20H28O3. The molecule has 4 atom stereocenters. The van der Waals surface area contributed by atoms with Crippen LogP contribution in [0.4, 0.5) is 0 Å². The van der Waals surface area contributed by atoms with E-state index in [2.05, 4.69) is 19.9 Å². The number of fused-ring (bicyclic) bond motifs is 1. The highest BCUT2D eigenvalue weighted by Crippen LogP contribution is 2.58. The number of hydrogen-bond donors (Lipinski definition) is 1. The van der Waals surface area contributed by atoms with E-state index in [1.165, 1.54) is 11.1 Å². The first kappa shape index (κ1) is 16.4. The van der Waals surface area contributed by atoms with Gasteiger partial charge in [-0.25, -0.2) is 0 Å². The van der Waals surface area contributed by atoms with Crippen molar-refractivity contribution in [3.63, 3.8) is 0 Å². The number of carboxylic acid groups (broad SMARTS) is 1. The average Bonchev–Trinajstić information content (AvgIpc) is 3.03. The molecule has 1 fully saturated rings. The first-order chi connectivity index (χ1) is 10.9. The highest BCUT2D eigenvalue weighted by atomic mass is 16.4. The minimum absolute atomic E-state index is 0.165. The molecule has 1 N–H and O–H groups in total. The third-order valence-corrected chi connectivity index (χ3v) is 6.80. The number of aryl methyl sites for hydroxylation is 1. The standard InChI is InChI=1S/C20H28O3/c1-14-6-7-17-16(5-4-10-20(17,3)18(21)22)19(14,2)11-8-15-9-12-23-13-15/h7,9,12-14,16H,4-6,8,10-11H2,1-3H3,(H,21,22)/t14-,16+,19+,20+/m0/s1. The summed E-state index contributed by atoms with van der Waals surface area (Å²) in [5, 5.41) is 9.80. The van der Waals surface area contributed by atoms with Crippen LogP contribution in [0.1, 0.15) is 58.4 Å². The lowest BCUT2D eigenvalue weighted by molar-refractivity contribution is -0.148. The Morgan fingerprint density at radius 1 is 1.43 bits per heavy atom. The highest BCUT2D eigenvalue weighted by molar-refractivity contribution is 5.78. The molecule has 3 nitrogen and oxygen atoms in total. The van der Waals surface area contributed by atoms with Crippen LogP contribution in [0.3, 0.4) is 0 Å². The van der Waals surface area contributed by atoms with Gasteiger partial charge in [0.15, 0.2) is 0 Å². The van der Waals surface area contributed by atoms with Gasteiger partial charge in [0.25, 0.3) is 0 Å². The molecule has 1 aromatic heterocycles. The van der Waals surface area contributed by atoms with E-state index in [9.17, 15) is 9.90 Å². The maximum atomic E-state index is 11.9. The van der Waals surface area contributed by atoms with E-state index >= 15 is 0 Å². The van der Waals surface area contributed by atoms with E-state index < -0.39 is 11.4 Å². The normalized spacial score (nSPS) is 37.1. The molecule has 0 radical (unpaired) electrons. The van der Waals surface area contributed by atoms with Crippen molar-refractivity contribution in [1.29, 1.82) is 0 Å². The molecule has 0 aliphatic heterocycles. The monoisotopic (exact) mass is 316 g/mol.